The highest BCUT2D eigenvalue weighted by Gasteiger charge is 2.09. The molecule has 4 N–H and O–H groups in total. The molecule has 0 unspecified atom stereocenters. The number of nitrogens with zero attached hydrogens (tertiary/aromatic N) is 2. The van der Waals surface area contributed by atoms with Crippen LogP contribution in [-0.2, 0) is 17.9 Å². The lowest BCUT2D eigenvalue weighted by molar-refractivity contribution is -0.117. The summed E-state index contributed by atoms with van der Waals surface area (Å²) in [7, 11) is 3.71. The fourth-order valence-corrected chi connectivity index (χ4v) is 2.82. The van der Waals surface area contributed by atoms with Gasteiger partial charge in [-0.1, -0.05) is 24.3 Å². The first-order valence-corrected chi connectivity index (χ1v) is 9.72. The average molecular weight is 539 g/mol. The smallest absolute Gasteiger partial charge is 0.251 e. The van der Waals surface area contributed by atoms with Gasteiger partial charge in [0.05, 0.1) is 13.2 Å². The van der Waals surface area contributed by atoms with Crippen molar-refractivity contribution in [2.45, 2.75) is 20.0 Å². The minimum absolute atomic E-state index is 0. The van der Waals surface area contributed by atoms with E-state index < -0.39 is 5.91 Å². The molecule has 0 aliphatic carbocycles. The first-order chi connectivity index (χ1) is 14.4. The molecule has 0 aliphatic heterocycles. The third-order valence-electron chi connectivity index (χ3n) is 4.32. The Morgan fingerprint density at radius 1 is 1.03 bits per heavy atom. The maximum atomic E-state index is 11.9. The maximum absolute atomic E-state index is 11.9. The highest BCUT2D eigenvalue weighted by atomic mass is 127. The molecule has 0 fully saturated rings. The molecule has 9 heteroatoms. The number of amides is 2. The Hall–Kier alpha value is -2.82. The highest BCUT2D eigenvalue weighted by Crippen LogP contribution is 2.13. The standard InChI is InChI=1S/C22H29N5O3.HI/c1-4-30-19-11-7-17(8-12-19)15-27(3)22(24-2)26-13-16-5-9-18(10-6-16)21(29)25-14-20(23)28;/h5-12H,4,13-15H2,1-3H3,(H2,23,28)(H,24,26)(H,25,29);1H. The van der Waals surface area contributed by atoms with Crippen LogP contribution in [0.1, 0.15) is 28.4 Å². The van der Waals surface area contributed by atoms with Gasteiger partial charge in [-0.05, 0) is 42.3 Å². The van der Waals surface area contributed by atoms with E-state index in [1.165, 1.54) is 0 Å². The van der Waals surface area contributed by atoms with Gasteiger partial charge in [0.15, 0.2) is 5.96 Å². The topological polar surface area (TPSA) is 109 Å². The van der Waals surface area contributed by atoms with Gasteiger partial charge < -0.3 is 26.0 Å². The Bertz CT molecular complexity index is 870. The second-order valence-corrected chi connectivity index (χ2v) is 6.68. The zero-order valence-electron chi connectivity index (χ0n) is 18.1. The first-order valence-electron chi connectivity index (χ1n) is 9.72. The van der Waals surface area contributed by atoms with Crippen LogP contribution in [0.3, 0.4) is 0 Å². The molecular weight excluding hydrogens is 509 g/mol. The molecule has 0 aliphatic rings. The van der Waals surface area contributed by atoms with Crippen molar-refractivity contribution in [1.82, 2.24) is 15.5 Å². The van der Waals surface area contributed by atoms with Gasteiger partial charge in [-0.25, -0.2) is 0 Å². The van der Waals surface area contributed by atoms with Crippen molar-refractivity contribution >= 4 is 41.8 Å². The van der Waals surface area contributed by atoms with Gasteiger partial charge in [-0.2, -0.15) is 0 Å². The van der Waals surface area contributed by atoms with Crippen molar-refractivity contribution in [1.29, 1.82) is 0 Å². The molecule has 0 bridgehead atoms. The summed E-state index contributed by atoms with van der Waals surface area (Å²) in [6, 6.07) is 15.1. The minimum Gasteiger partial charge on any atom is -0.494 e. The van der Waals surface area contributed by atoms with E-state index in [1.54, 1.807) is 19.2 Å². The Morgan fingerprint density at radius 3 is 2.19 bits per heavy atom. The van der Waals surface area contributed by atoms with Crippen LogP contribution in [0, 0.1) is 0 Å². The van der Waals surface area contributed by atoms with E-state index >= 15 is 0 Å². The fourth-order valence-electron chi connectivity index (χ4n) is 2.82. The molecule has 0 saturated heterocycles. The number of carbonyl (C=O) groups excluding carboxylic acids is 2. The van der Waals surface area contributed by atoms with Gasteiger partial charge in [0, 0.05) is 32.7 Å². The summed E-state index contributed by atoms with van der Waals surface area (Å²) in [5, 5.41) is 5.78. The average Bonchev–Trinajstić information content (AvgIpc) is 2.74. The summed E-state index contributed by atoms with van der Waals surface area (Å²) in [6.45, 7) is 3.69. The van der Waals surface area contributed by atoms with E-state index in [0.29, 0.717) is 25.3 Å². The van der Waals surface area contributed by atoms with Crippen LogP contribution in [0.25, 0.3) is 0 Å². The summed E-state index contributed by atoms with van der Waals surface area (Å²) < 4.78 is 5.47. The van der Waals surface area contributed by atoms with Gasteiger partial charge in [0.1, 0.15) is 5.75 Å². The molecule has 0 heterocycles. The normalized spacial score (nSPS) is 10.6. The van der Waals surface area contributed by atoms with Crippen LogP contribution in [0.2, 0.25) is 0 Å². The minimum atomic E-state index is -0.579. The van der Waals surface area contributed by atoms with Crippen molar-refractivity contribution in [2.24, 2.45) is 10.7 Å². The predicted octanol–water partition coefficient (Wildman–Crippen LogP) is 2.13. The van der Waals surface area contributed by atoms with Crippen LogP contribution in [0.5, 0.6) is 5.75 Å². The van der Waals surface area contributed by atoms with Crippen molar-refractivity contribution in [3.8, 4) is 5.75 Å². The SMILES string of the molecule is CCOc1ccc(CN(C)C(=NC)NCc2ccc(C(=O)NCC(N)=O)cc2)cc1.I. The highest BCUT2D eigenvalue weighted by molar-refractivity contribution is 14.0. The van der Waals surface area contributed by atoms with Crippen LogP contribution in [0.4, 0.5) is 0 Å². The van der Waals surface area contributed by atoms with Gasteiger partial charge >= 0.3 is 0 Å². The number of nitrogens with two attached hydrogens (primary N) is 1. The first kappa shape index (κ1) is 26.2. The van der Waals surface area contributed by atoms with Crippen LogP contribution in [-0.4, -0.2) is 49.9 Å². The molecule has 31 heavy (non-hydrogen) atoms. The van der Waals surface area contributed by atoms with Gasteiger partial charge in [0.2, 0.25) is 5.91 Å². The molecule has 2 aromatic carbocycles. The number of halogens is 1. The number of hydrogen-bond acceptors (Lipinski definition) is 4. The molecule has 0 aromatic heterocycles. The predicted molar refractivity (Wildman–Crippen MR) is 133 cm³/mol. The lowest BCUT2D eigenvalue weighted by atomic mass is 10.1. The molecule has 0 atom stereocenters. The lowest BCUT2D eigenvalue weighted by Crippen LogP contribution is -2.38. The Labute approximate surface area is 200 Å². The third kappa shape index (κ3) is 8.83. The summed E-state index contributed by atoms with van der Waals surface area (Å²) in [5.41, 5.74) is 7.65. The molecule has 0 spiro atoms. The Morgan fingerprint density at radius 2 is 1.65 bits per heavy atom. The Balaban J connectivity index is 0.00000480. The van der Waals surface area contributed by atoms with Crippen molar-refractivity contribution in [3.05, 3.63) is 65.2 Å². The molecule has 168 valence electrons. The number of ether oxygens (including phenoxy) is 1. The van der Waals surface area contributed by atoms with Gasteiger partial charge in [0.25, 0.3) is 5.91 Å². The molecule has 8 nitrogen and oxygen atoms in total. The van der Waals surface area contributed by atoms with E-state index in [9.17, 15) is 9.59 Å². The van der Waals surface area contributed by atoms with Crippen molar-refractivity contribution in [3.63, 3.8) is 0 Å². The number of benzene rings is 2. The third-order valence-corrected chi connectivity index (χ3v) is 4.32. The van der Waals surface area contributed by atoms with E-state index in [2.05, 4.69) is 15.6 Å². The summed E-state index contributed by atoms with van der Waals surface area (Å²) in [6.07, 6.45) is 0. The number of hydrogen-bond donors (Lipinski definition) is 3. The van der Waals surface area contributed by atoms with Crippen LogP contribution < -0.4 is 21.1 Å². The van der Waals surface area contributed by atoms with Crippen LogP contribution >= 0.6 is 24.0 Å². The second-order valence-electron chi connectivity index (χ2n) is 6.68. The molecular formula is C22H30IN5O3. The summed E-state index contributed by atoms with van der Waals surface area (Å²) in [5.74, 6) is 0.703. The lowest BCUT2D eigenvalue weighted by Gasteiger charge is -2.22. The summed E-state index contributed by atoms with van der Waals surface area (Å²) >= 11 is 0. The summed E-state index contributed by atoms with van der Waals surface area (Å²) in [4.78, 5) is 29.0. The fraction of sp³-hybridized carbons (Fsp3) is 0.318. The molecule has 0 radical (unpaired) electrons. The quantitative estimate of drug-likeness (QED) is 0.257. The van der Waals surface area contributed by atoms with Gasteiger partial charge in [-0.3, -0.25) is 14.6 Å². The number of aliphatic imine (C=N–C) groups is 1. The van der Waals surface area contributed by atoms with Crippen LogP contribution in [0.15, 0.2) is 53.5 Å². The monoisotopic (exact) mass is 539 g/mol. The number of guanidine groups is 1. The Kier molecular flexibility index (Phi) is 11.4. The van der Waals surface area contributed by atoms with Crippen molar-refractivity contribution < 1.29 is 14.3 Å². The van der Waals surface area contributed by atoms with E-state index in [-0.39, 0.29) is 36.4 Å². The molecule has 2 amide bonds. The number of carbonyl (C=O) groups is 2. The second kappa shape index (κ2) is 13.5. The van der Waals surface area contributed by atoms with E-state index in [0.717, 1.165) is 22.8 Å². The largest absolute Gasteiger partial charge is 0.494 e. The van der Waals surface area contributed by atoms with E-state index in [1.807, 2.05) is 55.3 Å². The number of primary amides is 1. The number of nitrogens with one attached hydrogen (secondary N) is 2. The van der Waals surface area contributed by atoms with E-state index in [4.69, 9.17) is 10.5 Å². The van der Waals surface area contributed by atoms with Crippen molar-refractivity contribution in [2.75, 3.05) is 27.2 Å². The maximum Gasteiger partial charge on any atom is 0.251 e. The van der Waals surface area contributed by atoms with Gasteiger partial charge in [-0.15, -0.1) is 24.0 Å². The molecule has 2 rings (SSSR count). The number of rotatable bonds is 9. The molecule has 0 saturated carbocycles. The molecule has 2 aromatic rings. The zero-order valence-corrected chi connectivity index (χ0v) is 20.4. The zero-order chi connectivity index (χ0) is 21.9.